The molecule has 1 rings (SSSR count). The molecule has 0 unspecified atom stereocenters. The molecule has 0 N–H and O–H groups in total. The number of hydrogen-bond donors (Lipinski definition) is 0. The van der Waals surface area contributed by atoms with E-state index in [1.165, 1.54) is 0 Å². The standard InChI is InChI=1S/C7H11NO/c1-4-7-5(2)6(3)8-9-7/h4-5,7H,1H2,2-3H3/t5-,7-/m0/s1. The van der Waals surface area contributed by atoms with Crippen molar-refractivity contribution in [3.05, 3.63) is 12.7 Å². The van der Waals surface area contributed by atoms with Crippen molar-refractivity contribution in [2.45, 2.75) is 20.0 Å². The minimum atomic E-state index is 0.102. The van der Waals surface area contributed by atoms with Crippen molar-refractivity contribution in [1.29, 1.82) is 0 Å². The lowest BCUT2D eigenvalue weighted by molar-refractivity contribution is 0.101. The highest BCUT2D eigenvalue weighted by atomic mass is 16.6. The first-order chi connectivity index (χ1) is 4.25. The lowest BCUT2D eigenvalue weighted by Gasteiger charge is -2.06. The van der Waals surface area contributed by atoms with Gasteiger partial charge in [0.05, 0.1) is 5.71 Å². The first kappa shape index (κ1) is 6.33. The molecule has 2 atom stereocenters. The van der Waals surface area contributed by atoms with Crippen LogP contribution in [0.5, 0.6) is 0 Å². The Morgan fingerprint density at radius 2 is 2.44 bits per heavy atom. The van der Waals surface area contributed by atoms with Crippen LogP contribution in [-0.4, -0.2) is 11.8 Å². The van der Waals surface area contributed by atoms with Crippen LogP contribution < -0.4 is 0 Å². The molecule has 0 aromatic heterocycles. The van der Waals surface area contributed by atoms with Gasteiger partial charge in [-0.3, -0.25) is 0 Å². The van der Waals surface area contributed by atoms with E-state index in [0.29, 0.717) is 5.92 Å². The van der Waals surface area contributed by atoms with E-state index in [9.17, 15) is 0 Å². The van der Waals surface area contributed by atoms with Gasteiger partial charge in [0.15, 0.2) is 6.10 Å². The summed E-state index contributed by atoms with van der Waals surface area (Å²) in [5.41, 5.74) is 1.06. The van der Waals surface area contributed by atoms with Crippen molar-refractivity contribution < 1.29 is 4.84 Å². The molecule has 0 saturated heterocycles. The molecule has 9 heavy (non-hydrogen) atoms. The maximum atomic E-state index is 5.00. The Kier molecular flexibility index (Phi) is 1.56. The zero-order valence-corrected chi connectivity index (χ0v) is 5.79. The molecule has 1 aliphatic rings. The minimum absolute atomic E-state index is 0.102. The van der Waals surface area contributed by atoms with E-state index in [1.54, 1.807) is 6.08 Å². The summed E-state index contributed by atoms with van der Waals surface area (Å²) in [5, 5.41) is 3.81. The van der Waals surface area contributed by atoms with E-state index in [0.717, 1.165) is 5.71 Å². The lowest BCUT2D eigenvalue weighted by atomic mass is 10.0. The Morgan fingerprint density at radius 3 is 2.67 bits per heavy atom. The van der Waals surface area contributed by atoms with Gasteiger partial charge in [-0.2, -0.15) is 0 Å². The quantitative estimate of drug-likeness (QED) is 0.487. The maximum Gasteiger partial charge on any atom is 0.153 e. The monoisotopic (exact) mass is 125 g/mol. The fourth-order valence-electron chi connectivity index (χ4n) is 0.803. The van der Waals surface area contributed by atoms with Gasteiger partial charge < -0.3 is 4.84 Å². The summed E-state index contributed by atoms with van der Waals surface area (Å²) in [7, 11) is 0. The van der Waals surface area contributed by atoms with Gasteiger partial charge in [0.1, 0.15) is 0 Å². The van der Waals surface area contributed by atoms with Crippen LogP contribution in [0.1, 0.15) is 13.8 Å². The van der Waals surface area contributed by atoms with Crippen molar-refractivity contribution >= 4 is 5.71 Å². The van der Waals surface area contributed by atoms with Crippen molar-refractivity contribution in [1.82, 2.24) is 0 Å². The minimum Gasteiger partial charge on any atom is -0.388 e. The zero-order chi connectivity index (χ0) is 6.85. The van der Waals surface area contributed by atoms with Crippen LogP contribution in [0.25, 0.3) is 0 Å². The summed E-state index contributed by atoms with van der Waals surface area (Å²) in [4.78, 5) is 5.00. The highest BCUT2D eigenvalue weighted by Gasteiger charge is 2.23. The van der Waals surface area contributed by atoms with Gasteiger partial charge in [0.2, 0.25) is 0 Å². The summed E-state index contributed by atoms with van der Waals surface area (Å²) in [6.07, 6.45) is 1.88. The third kappa shape index (κ3) is 0.969. The third-order valence-electron chi connectivity index (χ3n) is 1.70. The number of nitrogens with zero attached hydrogens (tertiary/aromatic N) is 1. The second-order valence-corrected chi connectivity index (χ2v) is 2.33. The predicted molar refractivity (Wildman–Crippen MR) is 37.3 cm³/mol. The van der Waals surface area contributed by atoms with Gasteiger partial charge in [0.25, 0.3) is 0 Å². The van der Waals surface area contributed by atoms with E-state index in [2.05, 4.69) is 18.7 Å². The van der Waals surface area contributed by atoms with Gasteiger partial charge in [-0.15, -0.1) is 0 Å². The summed E-state index contributed by atoms with van der Waals surface area (Å²) in [6, 6.07) is 0. The van der Waals surface area contributed by atoms with Crippen LogP contribution >= 0.6 is 0 Å². The fraction of sp³-hybridized carbons (Fsp3) is 0.571. The molecular weight excluding hydrogens is 114 g/mol. The average Bonchev–Trinajstić information content (AvgIpc) is 2.15. The van der Waals surface area contributed by atoms with Gasteiger partial charge in [-0.25, -0.2) is 0 Å². The van der Waals surface area contributed by atoms with E-state index in [-0.39, 0.29) is 6.10 Å². The molecule has 0 fully saturated rings. The van der Waals surface area contributed by atoms with Crippen LogP contribution in [-0.2, 0) is 4.84 Å². The first-order valence-electron chi connectivity index (χ1n) is 3.08. The summed E-state index contributed by atoms with van der Waals surface area (Å²) in [5.74, 6) is 0.405. The predicted octanol–water partition coefficient (Wildman–Crippen LogP) is 1.58. The van der Waals surface area contributed by atoms with Gasteiger partial charge >= 0.3 is 0 Å². The second-order valence-electron chi connectivity index (χ2n) is 2.33. The molecule has 1 aliphatic heterocycles. The molecule has 1 heterocycles. The van der Waals surface area contributed by atoms with E-state index in [4.69, 9.17) is 4.84 Å². The maximum absolute atomic E-state index is 5.00. The number of hydrogen-bond acceptors (Lipinski definition) is 2. The zero-order valence-electron chi connectivity index (χ0n) is 5.79. The molecule has 50 valence electrons. The average molecular weight is 125 g/mol. The molecule has 0 amide bonds. The lowest BCUT2D eigenvalue weighted by Crippen LogP contribution is -2.15. The summed E-state index contributed by atoms with van der Waals surface area (Å²) < 4.78 is 0. The third-order valence-corrected chi connectivity index (χ3v) is 1.70. The Morgan fingerprint density at radius 1 is 1.78 bits per heavy atom. The smallest absolute Gasteiger partial charge is 0.153 e. The molecule has 0 spiro atoms. The van der Waals surface area contributed by atoms with Crippen LogP contribution in [0.2, 0.25) is 0 Å². The van der Waals surface area contributed by atoms with Crippen molar-refractivity contribution in [3.8, 4) is 0 Å². The van der Waals surface area contributed by atoms with Crippen molar-refractivity contribution in [2.75, 3.05) is 0 Å². The largest absolute Gasteiger partial charge is 0.388 e. The van der Waals surface area contributed by atoms with Crippen molar-refractivity contribution in [3.63, 3.8) is 0 Å². The summed E-state index contributed by atoms with van der Waals surface area (Å²) in [6.45, 7) is 7.68. The Balaban J connectivity index is 2.61. The molecule has 0 aromatic rings. The SMILES string of the molecule is C=C[C@@H]1ON=C(C)[C@@H]1C. The Bertz CT molecular complexity index is 151. The molecule has 0 radical (unpaired) electrons. The molecule has 0 bridgehead atoms. The topological polar surface area (TPSA) is 21.6 Å². The van der Waals surface area contributed by atoms with Crippen molar-refractivity contribution in [2.24, 2.45) is 11.1 Å². The van der Waals surface area contributed by atoms with Crippen LogP contribution in [0.3, 0.4) is 0 Å². The van der Waals surface area contributed by atoms with Crippen LogP contribution in [0.15, 0.2) is 17.8 Å². The molecule has 0 aliphatic carbocycles. The Labute approximate surface area is 55.2 Å². The summed E-state index contributed by atoms with van der Waals surface area (Å²) >= 11 is 0. The molecule has 0 saturated carbocycles. The number of oxime groups is 1. The highest BCUT2D eigenvalue weighted by Crippen LogP contribution is 2.17. The normalized spacial score (nSPS) is 33.3. The van der Waals surface area contributed by atoms with Gasteiger partial charge in [-0.1, -0.05) is 18.7 Å². The highest BCUT2D eigenvalue weighted by molar-refractivity contribution is 5.85. The van der Waals surface area contributed by atoms with Gasteiger partial charge in [0, 0.05) is 5.92 Å². The van der Waals surface area contributed by atoms with Crippen LogP contribution in [0.4, 0.5) is 0 Å². The molecule has 2 nitrogen and oxygen atoms in total. The van der Waals surface area contributed by atoms with Crippen LogP contribution in [0, 0.1) is 5.92 Å². The number of rotatable bonds is 1. The molecule has 0 aromatic carbocycles. The second kappa shape index (κ2) is 2.21. The first-order valence-corrected chi connectivity index (χ1v) is 3.08. The van der Waals surface area contributed by atoms with E-state index in [1.807, 2.05) is 6.92 Å². The fourth-order valence-corrected chi connectivity index (χ4v) is 0.803. The molecular formula is C7H11NO. The van der Waals surface area contributed by atoms with Gasteiger partial charge in [-0.05, 0) is 13.0 Å². The van der Waals surface area contributed by atoms with E-state index >= 15 is 0 Å². The molecule has 2 heteroatoms. The van der Waals surface area contributed by atoms with E-state index < -0.39 is 0 Å². The Hall–Kier alpha value is -0.790.